The SMILES string of the molecule is CNC(CCN1CCCC1CN(C)C)c1ccccc1Br. The first-order valence-electron chi connectivity index (χ1n) is 7.92. The van der Waals surface area contributed by atoms with Gasteiger partial charge in [0.2, 0.25) is 0 Å². The Kier molecular flexibility index (Phi) is 6.68. The van der Waals surface area contributed by atoms with Crippen LogP contribution in [0.1, 0.15) is 30.9 Å². The van der Waals surface area contributed by atoms with Crippen LogP contribution in [-0.2, 0) is 0 Å². The van der Waals surface area contributed by atoms with Crippen LogP contribution in [0.15, 0.2) is 28.7 Å². The first-order valence-corrected chi connectivity index (χ1v) is 8.71. The molecule has 1 aliphatic rings. The van der Waals surface area contributed by atoms with E-state index in [0.29, 0.717) is 6.04 Å². The summed E-state index contributed by atoms with van der Waals surface area (Å²) in [5, 5.41) is 3.47. The highest BCUT2D eigenvalue weighted by Gasteiger charge is 2.25. The van der Waals surface area contributed by atoms with Gasteiger partial charge in [0.05, 0.1) is 0 Å². The third-order valence-electron chi connectivity index (χ3n) is 4.41. The second-order valence-corrected chi connectivity index (χ2v) is 7.10. The summed E-state index contributed by atoms with van der Waals surface area (Å²) in [6.45, 7) is 3.61. The van der Waals surface area contributed by atoms with Crippen molar-refractivity contribution < 1.29 is 0 Å². The van der Waals surface area contributed by atoms with Crippen molar-refractivity contribution in [1.82, 2.24) is 15.1 Å². The normalized spacial score (nSPS) is 21.1. The minimum atomic E-state index is 0.418. The summed E-state index contributed by atoms with van der Waals surface area (Å²) in [7, 11) is 6.41. The zero-order chi connectivity index (χ0) is 15.2. The Morgan fingerprint density at radius 3 is 2.81 bits per heavy atom. The van der Waals surface area contributed by atoms with E-state index in [0.717, 1.165) is 12.5 Å². The monoisotopic (exact) mass is 353 g/mol. The van der Waals surface area contributed by atoms with Gasteiger partial charge in [-0.3, -0.25) is 4.90 Å². The lowest BCUT2D eigenvalue weighted by Gasteiger charge is -2.29. The molecule has 1 aliphatic heterocycles. The summed E-state index contributed by atoms with van der Waals surface area (Å²) in [4.78, 5) is 4.98. The van der Waals surface area contributed by atoms with Crippen LogP contribution in [0.2, 0.25) is 0 Å². The van der Waals surface area contributed by atoms with E-state index in [4.69, 9.17) is 0 Å². The number of halogens is 1. The van der Waals surface area contributed by atoms with E-state index in [2.05, 4.69) is 76.5 Å². The zero-order valence-corrected chi connectivity index (χ0v) is 15.1. The van der Waals surface area contributed by atoms with Crippen LogP contribution in [0.5, 0.6) is 0 Å². The first kappa shape index (κ1) is 16.9. The van der Waals surface area contributed by atoms with Gasteiger partial charge >= 0.3 is 0 Å². The summed E-state index contributed by atoms with van der Waals surface area (Å²) in [6, 6.07) is 9.69. The molecule has 118 valence electrons. The van der Waals surface area contributed by atoms with Gasteiger partial charge < -0.3 is 10.2 Å². The van der Waals surface area contributed by atoms with Crippen LogP contribution >= 0.6 is 15.9 Å². The van der Waals surface area contributed by atoms with Crippen molar-refractivity contribution >= 4 is 15.9 Å². The molecule has 2 rings (SSSR count). The van der Waals surface area contributed by atoms with E-state index in [1.165, 1.54) is 42.5 Å². The molecular formula is C17H28BrN3. The predicted octanol–water partition coefficient (Wildman–Crippen LogP) is 3.13. The van der Waals surface area contributed by atoms with Crippen molar-refractivity contribution in [3.8, 4) is 0 Å². The van der Waals surface area contributed by atoms with Gasteiger partial charge in [-0.2, -0.15) is 0 Å². The molecule has 0 aliphatic carbocycles. The quantitative estimate of drug-likeness (QED) is 0.812. The fraction of sp³-hybridized carbons (Fsp3) is 0.647. The molecule has 21 heavy (non-hydrogen) atoms. The van der Waals surface area contributed by atoms with Gasteiger partial charge in [0.15, 0.2) is 0 Å². The van der Waals surface area contributed by atoms with Crippen LogP contribution < -0.4 is 5.32 Å². The van der Waals surface area contributed by atoms with E-state index < -0.39 is 0 Å². The summed E-state index contributed by atoms with van der Waals surface area (Å²) in [6.07, 6.45) is 3.85. The number of nitrogens with zero attached hydrogens (tertiary/aromatic N) is 2. The average Bonchev–Trinajstić information content (AvgIpc) is 2.88. The molecule has 0 radical (unpaired) electrons. The van der Waals surface area contributed by atoms with Crippen LogP contribution in [0.4, 0.5) is 0 Å². The number of likely N-dealkylation sites (tertiary alicyclic amines) is 1. The highest BCUT2D eigenvalue weighted by atomic mass is 79.9. The largest absolute Gasteiger partial charge is 0.313 e. The molecule has 1 aromatic rings. The Morgan fingerprint density at radius 1 is 1.38 bits per heavy atom. The molecule has 0 bridgehead atoms. The standard InChI is InChI=1S/C17H28BrN3/c1-19-17(15-8-4-5-9-16(15)18)10-12-21-11-6-7-14(21)13-20(2)3/h4-5,8-9,14,17,19H,6-7,10-13H2,1-3H3. The van der Waals surface area contributed by atoms with E-state index in [1.807, 2.05) is 0 Å². The van der Waals surface area contributed by atoms with Gasteiger partial charge in [0, 0.05) is 29.6 Å². The van der Waals surface area contributed by atoms with Crippen LogP contribution in [0.3, 0.4) is 0 Å². The summed E-state index contributed by atoms with van der Waals surface area (Å²) < 4.78 is 1.20. The molecule has 3 nitrogen and oxygen atoms in total. The third kappa shape index (κ3) is 4.78. The van der Waals surface area contributed by atoms with Crippen molar-refractivity contribution in [1.29, 1.82) is 0 Å². The number of rotatable bonds is 7. The molecule has 1 saturated heterocycles. The molecule has 1 aromatic carbocycles. The van der Waals surface area contributed by atoms with Gasteiger partial charge in [-0.05, 0) is 58.6 Å². The summed E-state index contributed by atoms with van der Waals surface area (Å²) in [5.74, 6) is 0. The van der Waals surface area contributed by atoms with E-state index in [1.54, 1.807) is 0 Å². The fourth-order valence-electron chi connectivity index (χ4n) is 3.33. The zero-order valence-electron chi connectivity index (χ0n) is 13.5. The highest BCUT2D eigenvalue weighted by molar-refractivity contribution is 9.10. The minimum Gasteiger partial charge on any atom is -0.313 e. The van der Waals surface area contributed by atoms with Crippen molar-refractivity contribution in [2.45, 2.75) is 31.3 Å². The average molecular weight is 354 g/mol. The second-order valence-electron chi connectivity index (χ2n) is 6.25. The number of likely N-dealkylation sites (N-methyl/N-ethyl adjacent to an activating group) is 1. The Labute approximate surface area is 137 Å². The third-order valence-corrected chi connectivity index (χ3v) is 5.13. The molecule has 0 amide bonds. The number of hydrogen-bond donors (Lipinski definition) is 1. The van der Waals surface area contributed by atoms with Crippen molar-refractivity contribution in [2.75, 3.05) is 40.8 Å². The Balaban J connectivity index is 1.92. The molecule has 2 atom stereocenters. The maximum Gasteiger partial charge on any atom is 0.0340 e. The topological polar surface area (TPSA) is 18.5 Å². The first-order chi connectivity index (χ1) is 10.1. The van der Waals surface area contributed by atoms with E-state index in [9.17, 15) is 0 Å². The van der Waals surface area contributed by atoms with E-state index in [-0.39, 0.29) is 0 Å². The minimum absolute atomic E-state index is 0.418. The van der Waals surface area contributed by atoms with Crippen molar-refractivity contribution in [3.63, 3.8) is 0 Å². The predicted molar refractivity (Wildman–Crippen MR) is 93.7 cm³/mol. The maximum absolute atomic E-state index is 3.68. The fourth-order valence-corrected chi connectivity index (χ4v) is 3.89. The lowest BCUT2D eigenvalue weighted by atomic mass is 10.0. The van der Waals surface area contributed by atoms with Crippen LogP contribution in [0, 0.1) is 0 Å². The lowest BCUT2D eigenvalue weighted by Crippen LogP contribution is -2.39. The van der Waals surface area contributed by atoms with Crippen molar-refractivity contribution in [3.05, 3.63) is 34.3 Å². The summed E-state index contributed by atoms with van der Waals surface area (Å²) >= 11 is 3.68. The van der Waals surface area contributed by atoms with Gasteiger partial charge in [0.25, 0.3) is 0 Å². The highest BCUT2D eigenvalue weighted by Crippen LogP contribution is 2.27. The number of benzene rings is 1. The van der Waals surface area contributed by atoms with Gasteiger partial charge in [-0.1, -0.05) is 34.1 Å². The molecule has 0 aromatic heterocycles. The van der Waals surface area contributed by atoms with E-state index >= 15 is 0 Å². The summed E-state index contributed by atoms with van der Waals surface area (Å²) in [5.41, 5.74) is 1.36. The van der Waals surface area contributed by atoms with Crippen LogP contribution in [0.25, 0.3) is 0 Å². The smallest absolute Gasteiger partial charge is 0.0340 e. The maximum atomic E-state index is 3.68. The van der Waals surface area contributed by atoms with Crippen LogP contribution in [-0.4, -0.2) is 56.6 Å². The second kappa shape index (κ2) is 8.28. The molecule has 1 fully saturated rings. The Bertz CT molecular complexity index is 436. The molecule has 2 unspecified atom stereocenters. The Morgan fingerprint density at radius 2 is 2.14 bits per heavy atom. The number of nitrogens with one attached hydrogen (secondary N) is 1. The molecule has 1 N–H and O–H groups in total. The van der Waals surface area contributed by atoms with Gasteiger partial charge in [-0.25, -0.2) is 0 Å². The molecule has 4 heteroatoms. The molecule has 0 saturated carbocycles. The van der Waals surface area contributed by atoms with Gasteiger partial charge in [-0.15, -0.1) is 0 Å². The molecule has 0 spiro atoms. The molecular weight excluding hydrogens is 326 g/mol. The van der Waals surface area contributed by atoms with Crippen molar-refractivity contribution in [2.24, 2.45) is 0 Å². The van der Waals surface area contributed by atoms with Gasteiger partial charge in [0.1, 0.15) is 0 Å². The molecule has 1 heterocycles. The lowest BCUT2D eigenvalue weighted by molar-refractivity contribution is 0.200. The Hall–Kier alpha value is -0.420. The number of hydrogen-bond acceptors (Lipinski definition) is 3.